The number of hydrogen-bond acceptors (Lipinski definition) is 1. The van der Waals surface area contributed by atoms with E-state index in [-0.39, 0.29) is 5.11 Å². The first-order chi connectivity index (χ1) is 6.35. The van der Waals surface area contributed by atoms with Crippen LogP contribution in [0.25, 0.3) is 0 Å². The van der Waals surface area contributed by atoms with Crippen LogP contribution >= 0.6 is 12.2 Å². The predicted octanol–water partition coefficient (Wildman–Crippen LogP) is 2.20. The summed E-state index contributed by atoms with van der Waals surface area (Å²) in [5.74, 6) is 0. The van der Waals surface area contributed by atoms with Gasteiger partial charge < -0.3 is 10.6 Å². The summed E-state index contributed by atoms with van der Waals surface area (Å²) < 4.78 is 35.7. The van der Waals surface area contributed by atoms with Gasteiger partial charge in [0.05, 0.1) is 6.42 Å². The quantitative estimate of drug-likeness (QED) is 0.721. The van der Waals surface area contributed by atoms with Crippen LogP contribution in [0.2, 0.25) is 0 Å². The lowest BCUT2D eigenvalue weighted by Gasteiger charge is -2.17. The van der Waals surface area contributed by atoms with Crippen molar-refractivity contribution in [1.82, 2.24) is 10.6 Å². The molecule has 6 heteroatoms. The Bertz CT molecular complexity index is 182. The van der Waals surface area contributed by atoms with Crippen molar-refractivity contribution in [2.24, 2.45) is 0 Å². The molecule has 0 aromatic rings. The molecule has 0 rings (SSSR count). The van der Waals surface area contributed by atoms with Gasteiger partial charge in [0.15, 0.2) is 5.11 Å². The molecule has 2 N–H and O–H groups in total. The van der Waals surface area contributed by atoms with Gasteiger partial charge in [-0.15, -0.1) is 0 Å². The van der Waals surface area contributed by atoms with E-state index in [1.54, 1.807) is 0 Å². The lowest BCUT2D eigenvalue weighted by atomic mass is 10.2. The monoisotopic (exact) mass is 228 g/mol. The molecule has 0 saturated carbocycles. The van der Waals surface area contributed by atoms with E-state index >= 15 is 0 Å². The van der Waals surface area contributed by atoms with Crippen LogP contribution in [0, 0.1) is 0 Å². The van der Waals surface area contributed by atoms with E-state index in [9.17, 15) is 13.2 Å². The summed E-state index contributed by atoms with van der Waals surface area (Å²) in [4.78, 5) is 0. The summed E-state index contributed by atoms with van der Waals surface area (Å²) in [6.45, 7) is 4.08. The number of halogens is 3. The summed E-state index contributed by atoms with van der Waals surface area (Å²) >= 11 is 4.80. The highest BCUT2D eigenvalue weighted by atomic mass is 32.1. The second-order valence-electron chi connectivity index (χ2n) is 3.12. The smallest absolute Gasteiger partial charge is 0.363 e. The fraction of sp³-hybridized carbons (Fsp3) is 0.875. The Morgan fingerprint density at radius 3 is 2.43 bits per heavy atom. The molecule has 0 saturated heterocycles. The highest BCUT2D eigenvalue weighted by Gasteiger charge is 2.30. The number of rotatable bonds is 4. The van der Waals surface area contributed by atoms with Crippen molar-refractivity contribution in [3.8, 4) is 0 Å². The van der Waals surface area contributed by atoms with Crippen LogP contribution in [-0.2, 0) is 0 Å². The third kappa shape index (κ3) is 8.10. The molecule has 0 aromatic heterocycles. The molecule has 0 fully saturated rings. The van der Waals surface area contributed by atoms with Gasteiger partial charge in [-0.3, -0.25) is 0 Å². The van der Waals surface area contributed by atoms with E-state index in [0.717, 1.165) is 6.42 Å². The molecule has 0 aliphatic carbocycles. The zero-order chi connectivity index (χ0) is 11.2. The molecule has 0 spiro atoms. The maximum atomic E-state index is 11.9. The first-order valence-electron chi connectivity index (χ1n) is 4.46. The number of alkyl halides is 3. The second kappa shape index (κ2) is 6.06. The lowest BCUT2D eigenvalue weighted by molar-refractivity contribution is -0.138. The van der Waals surface area contributed by atoms with Gasteiger partial charge in [-0.25, -0.2) is 0 Å². The van der Waals surface area contributed by atoms with E-state index in [0.29, 0.717) is 6.54 Å². The summed E-state index contributed by atoms with van der Waals surface area (Å²) in [5.41, 5.74) is 0. The minimum Gasteiger partial charge on any atom is -0.363 e. The van der Waals surface area contributed by atoms with Crippen molar-refractivity contribution in [3.63, 3.8) is 0 Å². The van der Waals surface area contributed by atoms with Crippen LogP contribution in [0.15, 0.2) is 0 Å². The zero-order valence-corrected chi connectivity index (χ0v) is 9.06. The summed E-state index contributed by atoms with van der Waals surface area (Å²) in [7, 11) is 0. The minimum atomic E-state index is -4.15. The summed E-state index contributed by atoms with van der Waals surface area (Å²) in [5, 5.41) is 5.65. The Morgan fingerprint density at radius 1 is 1.43 bits per heavy atom. The third-order valence-electron chi connectivity index (χ3n) is 1.45. The van der Waals surface area contributed by atoms with Crippen molar-refractivity contribution in [3.05, 3.63) is 0 Å². The molecule has 0 aliphatic heterocycles. The van der Waals surface area contributed by atoms with Crippen LogP contribution in [0.3, 0.4) is 0 Å². The fourth-order valence-corrected chi connectivity index (χ4v) is 1.21. The van der Waals surface area contributed by atoms with Gasteiger partial charge in [-0.1, -0.05) is 6.92 Å². The molecule has 0 heterocycles. The topological polar surface area (TPSA) is 24.1 Å². The average molecular weight is 228 g/mol. The number of thiocarbonyl (C=S) groups is 1. The van der Waals surface area contributed by atoms with Gasteiger partial charge in [0.2, 0.25) is 0 Å². The maximum Gasteiger partial charge on any atom is 0.391 e. The zero-order valence-electron chi connectivity index (χ0n) is 8.24. The van der Waals surface area contributed by atoms with Gasteiger partial charge in [-0.2, -0.15) is 13.2 Å². The second-order valence-corrected chi connectivity index (χ2v) is 3.53. The van der Waals surface area contributed by atoms with Crippen LogP contribution in [-0.4, -0.2) is 23.9 Å². The predicted molar refractivity (Wildman–Crippen MR) is 54.2 cm³/mol. The Morgan fingerprint density at radius 2 is 2.00 bits per heavy atom. The molecule has 84 valence electrons. The van der Waals surface area contributed by atoms with Crippen molar-refractivity contribution in [2.75, 3.05) is 6.54 Å². The first kappa shape index (κ1) is 13.5. The van der Waals surface area contributed by atoms with Crippen LogP contribution in [0.5, 0.6) is 0 Å². The maximum absolute atomic E-state index is 11.9. The standard InChI is InChI=1S/C8H15F3N2S/c1-3-4-12-7(14)13-6(2)5-8(9,10)11/h6H,3-5H2,1-2H3,(H2,12,13,14). The van der Waals surface area contributed by atoms with Crippen molar-refractivity contribution in [2.45, 2.75) is 38.9 Å². The summed E-state index contributed by atoms with van der Waals surface area (Å²) in [6, 6.07) is -0.688. The minimum absolute atomic E-state index is 0.281. The third-order valence-corrected chi connectivity index (χ3v) is 1.71. The molecular formula is C8H15F3N2S. The summed E-state index contributed by atoms with van der Waals surface area (Å²) in [6.07, 6.45) is -4.14. The van der Waals surface area contributed by atoms with Crippen molar-refractivity contribution >= 4 is 17.3 Å². The molecular weight excluding hydrogens is 213 g/mol. The fourth-order valence-electron chi connectivity index (χ4n) is 0.912. The van der Waals surface area contributed by atoms with Gasteiger partial charge >= 0.3 is 6.18 Å². The van der Waals surface area contributed by atoms with E-state index in [1.165, 1.54) is 6.92 Å². The largest absolute Gasteiger partial charge is 0.391 e. The van der Waals surface area contributed by atoms with Crippen LogP contribution < -0.4 is 10.6 Å². The molecule has 0 bridgehead atoms. The highest BCUT2D eigenvalue weighted by Crippen LogP contribution is 2.21. The molecule has 0 aliphatic rings. The SMILES string of the molecule is CCCNC(=S)NC(C)CC(F)(F)F. The van der Waals surface area contributed by atoms with Crippen molar-refractivity contribution in [1.29, 1.82) is 0 Å². The van der Waals surface area contributed by atoms with Gasteiger partial charge in [-0.05, 0) is 25.6 Å². The molecule has 0 radical (unpaired) electrons. The molecule has 14 heavy (non-hydrogen) atoms. The molecule has 0 aromatic carbocycles. The average Bonchev–Trinajstić information content (AvgIpc) is 1.96. The molecule has 1 unspecified atom stereocenters. The molecule has 2 nitrogen and oxygen atoms in total. The normalized spacial score (nSPS) is 13.5. The first-order valence-corrected chi connectivity index (χ1v) is 4.87. The van der Waals surface area contributed by atoms with Gasteiger partial charge in [0.1, 0.15) is 0 Å². The highest BCUT2D eigenvalue weighted by molar-refractivity contribution is 7.80. The van der Waals surface area contributed by atoms with E-state index in [4.69, 9.17) is 12.2 Å². The molecule has 1 atom stereocenters. The van der Waals surface area contributed by atoms with Crippen molar-refractivity contribution < 1.29 is 13.2 Å². The van der Waals surface area contributed by atoms with E-state index < -0.39 is 18.6 Å². The van der Waals surface area contributed by atoms with Gasteiger partial charge in [0, 0.05) is 12.6 Å². The Balaban J connectivity index is 3.71. The Kier molecular flexibility index (Phi) is 5.83. The van der Waals surface area contributed by atoms with Crippen LogP contribution in [0.1, 0.15) is 26.7 Å². The Labute approximate surface area is 87.2 Å². The van der Waals surface area contributed by atoms with Gasteiger partial charge in [0.25, 0.3) is 0 Å². The van der Waals surface area contributed by atoms with E-state index in [1.807, 2.05) is 6.92 Å². The number of nitrogens with one attached hydrogen (secondary N) is 2. The molecule has 0 amide bonds. The van der Waals surface area contributed by atoms with E-state index in [2.05, 4.69) is 10.6 Å². The number of hydrogen-bond donors (Lipinski definition) is 2. The Hall–Kier alpha value is -0.520. The van der Waals surface area contributed by atoms with Crippen LogP contribution in [0.4, 0.5) is 13.2 Å². The lowest BCUT2D eigenvalue weighted by Crippen LogP contribution is -2.42.